The standard InChI is InChI=1S/C14H18ClF3/c1-8(14(2,3)4)5-10(15)13-11(17)6-9(16)7-12(13)18/h6-8,10H,5H2,1-4H3. The predicted molar refractivity (Wildman–Crippen MR) is 68.1 cm³/mol. The predicted octanol–water partition coefficient (Wildman–Crippen LogP) is 5.46. The average molecular weight is 279 g/mol. The molecule has 0 aliphatic heterocycles. The normalized spacial score (nSPS) is 15.6. The van der Waals surface area contributed by atoms with Crippen LogP contribution in [0.2, 0.25) is 0 Å². The van der Waals surface area contributed by atoms with Gasteiger partial charge in [-0.2, -0.15) is 0 Å². The van der Waals surface area contributed by atoms with Crippen LogP contribution >= 0.6 is 11.6 Å². The first-order valence-corrected chi connectivity index (χ1v) is 6.35. The van der Waals surface area contributed by atoms with Crippen molar-refractivity contribution in [1.29, 1.82) is 0 Å². The van der Waals surface area contributed by atoms with Gasteiger partial charge in [-0.1, -0.05) is 27.7 Å². The molecule has 18 heavy (non-hydrogen) atoms. The van der Waals surface area contributed by atoms with Crippen LogP contribution in [-0.2, 0) is 0 Å². The number of alkyl halides is 1. The van der Waals surface area contributed by atoms with Gasteiger partial charge in [0.15, 0.2) is 0 Å². The van der Waals surface area contributed by atoms with Gasteiger partial charge in [-0.25, -0.2) is 13.2 Å². The second-order valence-electron chi connectivity index (χ2n) is 5.75. The summed E-state index contributed by atoms with van der Waals surface area (Å²) in [5.74, 6) is -2.59. The topological polar surface area (TPSA) is 0 Å². The molecule has 0 N–H and O–H groups in total. The van der Waals surface area contributed by atoms with Crippen molar-refractivity contribution >= 4 is 11.6 Å². The molecule has 1 aromatic rings. The highest BCUT2D eigenvalue weighted by Crippen LogP contribution is 2.38. The van der Waals surface area contributed by atoms with E-state index in [9.17, 15) is 13.2 Å². The molecule has 0 nitrogen and oxygen atoms in total. The Morgan fingerprint density at radius 3 is 1.94 bits per heavy atom. The summed E-state index contributed by atoms with van der Waals surface area (Å²) in [6.07, 6.45) is 0.435. The molecule has 0 bridgehead atoms. The molecule has 0 fully saturated rings. The van der Waals surface area contributed by atoms with Gasteiger partial charge in [-0.3, -0.25) is 0 Å². The summed E-state index contributed by atoms with van der Waals surface area (Å²) < 4.78 is 39.9. The van der Waals surface area contributed by atoms with Crippen molar-refractivity contribution in [2.24, 2.45) is 11.3 Å². The first-order valence-electron chi connectivity index (χ1n) is 5.91. The van der Waals surface area contributed by atoms with Gasteiger partial charge in [-0.15, -0.1) is 11.6 Å². The zero-order valence-electron chi connectivity index (χ0n) is 11.0. The average Bonchev–Trinajstić information content (AvgIpc) is 2.13. The van der Waals surface area contributed by atoms with Gasteiger partial charge in [0.05, 0.1) is 5.38 Å². The molecule has 0 aromatic heterocycles. The Morgan fingerprint density at radius 2 is 1.56 bits per heavy atom. The van der Waals surface area contributed by atoms with Gasteiger partial charge in [-0.05, 0) is 17.8 Å². The van der Waals surface area contributed by atoms with Crippen molar-refractivity contribution < 1.29 is 13.2 Å². The van der Waals surface area contributed by atoms with Crippen LogP contribution in [0, 0.1) is 28.8 Å². The Balaban J connectivity index is 2.95. The minimum Gasteiger partial charge on any atom is -0.207 e. The lowest BCUT2D eigenvalue weighted by molar-refractivity contribution is 0.243. The zero-order chi connectivity index (χ0) is 14.1. The van der Waals surface area contributed by atoms with Crippen molar-refractivity contribution in [2.75, 3.05) is 0 Å². The van der Waals surface area contributed by atoms with Crippen molar-refractivity contribution in [3.05, 3.63) is 35.1 Å². The SMILES string of the molecule is CC(CC(Cl)c1c(F)cc(F)cc1F)C(C)(C)C. The fourth-order valence-corrected chi connectivity index (χ4v) is 2.11. The Kier molecular flexibility index (Phi) is 4.71. The summed E-state index contributed by atoms with van der Waals surface area (Å²) >= 11 is 6.07. The molecule has 0 radical (unpaired) electrons. The smallest absolute Gasteiger partial charge is 0.133 e. The molecule has 0 spiro atoms. The van der Waals surface area contributed by atoms with Gasteiger partial charge in [0, 0.05) is 17.7 Å². The fraction of sp³-hybridized carbons (Fsp3) is 0.571. The van der Waals surface area contributed by atoms with Gasteiger partial charge in [0.25, 0.3) is 0 Å². The van der Waals surface area contributed by atoms with Crippen LogP contribution in [-0.4, -0.2) is 0 Å². The highest BCUT2D eigenvalue weighted by atomic mass is 35.5. The lowest BCUT2D eigenvalue weighted by Crippen LogP contribution is -2.19. The number of rotatable bonds is 3. The van der Waals surface area contributed by atoms with E-state index >= 15 is 0 Å². The molecule has 0 heterocycles. The first-order chi connectivity index (χ1) is 8.12. The maximum absolute atomic E-state index is 13.5. The highest BCUT2D eigenvalue weighted by Gasteiger charge is 2.26. The van der Waals surface area contributed by atoms with E-state index in [0.717, 1.165) is 0 Å². The van der Waals surface area contributed by atoms with Crippen molar-refractivity contribution in [1.82, 2.24) is 0 Å². The van der Waals surface area contributed by atoms with Gasteiger partial charge in [0.2, 0.25) is 0 Å². The fourth-order valence-electron chi connectivity index (χ4n) is 1.63. The monoisotopic (exact) mass is 278 g/mol. The van der Waals surface area contributed by atoms with Crippen LogP contribution in [0.25, 0.3) is 0 Å². The molecule has 0 saturated carbocycles. The van der Waals surface area contributed by atoms with Crippen LogP contribution in [0.1, 0.15) is 45.1 Å². The second-order valence-corrected chi connectivity index (χ2v) is 6.28. The van der Waals surface area contributed by atoms with Crippen molar-refractivity contribution in [2.45, 2.75) is 39.5 Å². The molecule has 2 atom stereocenters. The maximum Gasteiger partial charge on any atom is 0.133 e. The third-order valence-electron chi connectivity index (χ3n) is 3.40. The van der Waals surface area contributed by atoms with Crippen LogP contribution in [0.15, 0.2) is 12.1 Å². The molecule has 0 aliphatic carbocycles. The van der Waals surface area contributed by atoms with E-state index < -0.39 is 22.8 Å². The molecule has 4 heteroatoms. The maximum atomic E-state index is 13.5. The highest BCUT2D eigenvalue weighted by molar-refractivity contribution is 6.20. The Bertz CT molecular complexity index is 401. The molecule has 1 rings (SSSR count). The summed E-state index contributed by atoms with van der Waals surface area (Å²) in [6, 6.07) is 1.32. The van der Waals surface area contributed by atoms with E-state index in [-0.39, 0.29) is 16.9 Å². The van der Waals surface area contributed by atoms with E-state index in [0.29, 0.717) is 18.6 Å². The zero-order valence-corrected chi connectivity index (χ0v) is 11.8. The van der Waals surface area contributed by atoms with Crippen LogP contribution < -0.4 is 0 Å². The van der Waals surface area contributed by atoms with Crippen LogP contribution in [0.5, 0.6) is 0 Å². The molecule has 0 aliphatic rings. The Morgan fingerprint density at radius 1 is 1.11 bits per heavy atom. The molecule has 2 unspecified atom stereocenters. The van der Waals surface area contributed by atoms with Crippen LogP contribution in [0.4, 0.5) is 13.2 Å². The lowest BCUT2D eigenvalue weighted by Gasteiger charge is -2.29. The second kappa shape index (κ2) is 5.52. The summed E-state index contributed by atoms with van der Waals surface area (Å²) in [4.78, 5) is 0. The summed E-state index contributed by atoms with van der Waals surface area (Å²) in [5.41, 5.74) is -0.241. The van der Waals surface area contributed by atoms with E-state index in [1.807, 2.05) is 27.7 Å². The molecule has 0 amide bonds. The van der Waals surface area contributed by atoms with Gasteiger partial charge < -0.3 is 0 Å². The van der Waals surface area contributed by atoms with Gasteiger partial charge >= 0.3 is 0 Å². The lowest BCUT2D eigenvalue weighted by atomic mass is 9.79. The minimum atomic E-state index is -0.929. The van der Waals surface area contributed by atoms with E-state index in [1.54, 1.807) is 0 Å². The van der Waals surface area contributed by atoms with E-state index in [2.05, 4.69) is 0 Å². The minimum absolute atomic E-state index is 0.000122. The molecule has 0 saturated heterocycles. The quantitative estimate of drug-likeness (QED) is 0.644. The van der Waals surface area contributed by atoms with Crippen molar-refractivity contribution in [3.63, 3.8) is 0 Å². The number of hydrogen-bond acceptors (Lipinski definition) is 0. The summed E-state index contributed by atoms with van der Waals surface area (Å²) in [6.45, 7) is 8.10. The summed E-state index contributed by atoms with van der Waals surface area (Å²) in [5, 5.41) is -0.792. The summed E-state index contributed by atoms with van der Waals surface area (Å²) in [7, 11) is 0. The van der Waals surface area contributed by atoms with Gasteiger partial charge in [0.1, 0.15) is 17.5 Å². The van der Waals surface area contributed by atoms with E-state index in [1.165, 1.54) is 0 Å². The number of benzene rings is 1. The Labute approximate surface area is 111 Å². The largest absolute Gasteiger partial charge is 0.207 e. The van der Waals surface area contributed by atoms with Crippen molar-refractivity contribution in [3.8, 4) is 0 Å². The van der Waals surface area contributed by atoms with E-state index in [4.69, 9.17) is 11.6 Å². The third kappa shape index (κ3) is 3.64. The number of hydrogen-bond donors (Lipinski definition) is 0. The first kappa shape index (κ1) is 15.4. The molecule has 1 aromatic carbocycles. The third-order valence-corrected chi connectivity index (χ3v) is 3.79. The van der Waals surface area contributed by atoms with Crippen LogP contribution in [0.3, 0.4) is 0 Å². The molecular weight excluding hydrogens is 261 g/mol. The molecular formula is C14H18ClF3. The number of halogens is 4. The molecule has 102 valence electrons. The Hall–Kier alpha value is -0.700.